The number of fused-ring (bicyclic) bond motifs is 6. The van der Waals surface area contributed by atoms with Gasteiger partial charge in [-0.05, 0) is 80.9 Å². The Kier molecular flexibility index (Phi) is 7.44. The van der Waals surface area contributed by atoms with Crippen molar-refractivity contribution in [3.8, 4) is 11.1 Å². The summed E-state index contributed by atoms with van der Waals surface area (Å²) in [6.07, 6.45) is 5.22. The lowest BCUT2D eigenvalue weighted by Gasteiger charge is -2.18. The van der Waals surface area contributed by atoms with Crippen LogP contribution < -0.4 is 5.32 Å². The maximum Gasteiger partial charge on any atom is 0.0417 e. The second kappa shape index (κ2) is 11.1. The smallest absolute Gasteiger partial charge is 0.0417 e. The third-order valence-electron chi connectivity index (χ3n) is 7.54. The van der Waals surface area contributed by atoms with Gasteiger partial charge in [0.2, 0.25) is 0 Å². The lowest BCUT2D eigenvalue weighted by molar-refractivity contribution is 0.690. The molecule has 6 aromatic rings. The van der Waals surface area contributed by atoms with Gasteiger partial charge >= 0.3 is 0 Å². The maximum atomic E-state index is 3.25. The summed E-state index contributed by atoms with van der Waals surface area (Å²) in [4.78, 5) is 0. The molecular weight excluding hydrogens is 470 g/mol. The van der Waals surface area contributed by atoms with Crippen LogP contribution in [0.25, 0.3) is 43.4 Å². The first-order chi connectivity index (χ1) is 17.8. The van der Waals surface area contributed by atoms with E-state index >= 15 is 0 Å². The molecule has 0 amide bonds. The second-order valence-electron chi connectivity index (χ2n) is 9.61. The molecule has 0 saturated heterocycles. The van der Waals surface area contributed by atoms with Crippen molar-refractivity contribution in [2.75, 3.05) is 12.4 Å². The minimum atomic E-state index is 0. The Morgan fingerprint density at radius 3 is 2.00 bits per heavy atom. The first-order valence-electron chi connectivity index (χ1n) is 13.0. The van der Waals surface area contributed by atoms with Gasteiger partial charge in [0.25, 0.3) is 0 Å². The van der Waals surface area contributed by atoms with Gasteiger partial charge in [-0.2, -0.15) is 0 Å². The molecule has 0 unspecified atom stereocenters. The van der Waals surface area contributed by atoms with Gasteiger partial charge in [0.1, 0.15) is 0 Å². The number of nitrogens with one attached hydrogen (secondary N) is 1. The highest BCUT2D eigenvalue weighted by molar-refractivity contribution is 6.08. The Hall–Kier alpha value is -3.81. The van der Waals surface area contributed by atoms with Crippen LogP contribution in [0.15, 0.2) is 115 Å². The molecule has 0 aromatic heterocycles. The molecular formula is C35H32ClN. The SMILES string of the molecule is CNc1ccc(-c2ccccc2)c2ccccc12.Cl.c1ccc2c(c1)ccc1c3c(ccc12)CCCC3. The van der Waals surface area contributed by atoms with E-state index in [9.17, 15) is 0 Å². The number of hydrogen-bond donors (Lipinski definition) is 1. The summed E-state index contributed by atoms with van der Waals surface area (Å²) >= 11 is 0. The highest BCUT2D eigenvalue weighted by Gasteiger charge is 2.13. The van der Waals surface area contributed by atoms with Crippen LogP contribution in [-0.4, -0.2) is 7.05 Å². The van der Waals surface area contributed by atoms with Crippen LogP contribution >= 0.6 is 12.4 Å². The first kappa shape index (κ1) is 24.9. The zero-order chi connectivity index (χ0) is 24.3. The van der Waals surface area contributed by atoms with Crippen LogP contribution in [0.1, 0.15) is 24.0 Å². The van der Waals surface area contributed by atoms with Crippen LogP contribution in [0.3, 0.4) is 0 Å². The number of aryl methyl sites for hydroxylation is 2. The number of benzene rings is 6. The molecule has 184 valence electrons. The van der Waals surface area contributed by atoms with Crippen LogP contribution in [0.2, 0.25) is 0 Å². The zero-order valence-corrected chi connectivity index (χ0v) is 22.0. The Morgan fingerprint density at radius 2 is 1.19 bits per heavy atom. The van der Waals surface area contributed by atoms with E-state index in [-0.39, 0.29) is 12.4 Å². The summed E-state index contributed by atoms with van der Waals surface area (Å²) in [7, 11) is 1.96. The van der Waals surface area contributed by atoms with Crippen molar-refractivity contribution >= 4 is 50.4 Å². The van der Waals surface area contributed by atoms with E-state index in [2.05, 4.69) is 115 Å². The normalized spacial score (nSPS) is 12.4. The van der Waals surface area contributed by atoms with Crippen LogP contribution in [0.5, 0.6) is 0 Å². The summed E-state index contributed by atoms with van der Waals surface area (Å²) in [5, 5.41) is 11.4. The highest BCUT2D eigenvalue weighted by atomic mass is 35.5. The van der Waals surface area contributed by atoms with E-state index < -0.39 is 0 Å². The molecule has 1 nitrogen and oxygen atoms in total. The van der Waals surface area contributed by atoms with Crippen molar-refractivity contribution in [3.63, 3.8) is 0 Å². The maximum absolute atomic E-state index is 3.25. The number of halogens is 1. The van der Waals surface area contributed by atoms with Crippen molar-refractivity contribution < 1.29 is 0 Å². The van der Waals surface area contributed by atoms with Gasteiger partial charge < -0.3 is 5.32 Å². The molecule has 0 heterocycles. The average molecular weight is 502 g/mol. The molecule has 1 N–H and O–H groups in total. The molecule has 7 rings (SSSR count). The van der Waals surface area contributed by atoms with Gasteiger partial charge in [-0.1, -0.05) is 109 Å². The Morgan fingerprint density at radius 1 is 0.514 bits per heavy atom. The third-order valence-corrected chi connectivity index (χ3v) is 7.54. The minimum Gasteiger partial charge on any atom is -0.388 e. The number of anilines is 1. The quantitative estimate of drug-likeness (QED) is 0.233. The summed E-state index contributed by atoms with van der Waals surface area (Å²) in [6.45, 7) is 0. The van der Waals surface area contributed by atoms with Crippen molar-refractivity contribution in [2.24, 2.45) is 0 Å². The first-order valence-corrected chi connectivity index (χ1v) is 13.0. The molecule has 0 radical (unpaired) electrons. The third kappa shape index (κ3) is 4.80. The second-order valence-corrected chi connectivity index (χ2v) is 9.61. The number of rotatable bonds is 2. The van der Waals surface area contributed by atoms with Crippen molar-refractivity contribution in [2.45, 2.75) is 25.7 Å². The molecule has 1 aliphatic rings. The number of hydrogen-bond acceptors (Lipinski definition) is 1. The van der Waals surface area contributed by atoms with Gasteiger partial charge in [-0.15, -0.1) is 12.4 Å². The van der Waals surface area contributed by atoms with Crippen LogP contribution in [0, 0.1) is 0 Å². The van der Waals surface area contributed by atoms with Crippen molar-refractivity contribution in [3.05, 3.63) is 126 Å². The lowest BCUT2D eigenvalue weighted by atomic mass is 9.86. The highest BCUT2D eigenvalue weighted by Crippen LogP contribution is 2.34. The average Bonchev–Trinajstić information content (AvgIpc) is 2.97. The summed E-state index contributed by atoms with van der Waals surface area (Å²) in [5.41, 5.74) is 6.89. The largest absolute Gasteiger partial charge is 0.388 e. The molecule has 0 saturated carbocycles. The Balaban J connectivity index is 0.000000147. The topological polar surface area (TPSA) is 12.0 Å². The van der Waals surface area contributed by atoms with Crippen molar-refractivity contribution in [1.82, 2.24) is 0 Å². The Bertz CT molecular complexity index is 1670. The van der Waals surface area contributed by atoms with Gasteiger partial charge in [0.05, 0.1) is 0 Å². The van der Waals surface area contributed by atoms with Gasteiger partial charge in [-0.3, -0.25) is 0 Å². The fraction of sp³-hybridized carbons (Fsp3) is 0.143. The van der Waals surface area contributed by atoms with E-state index in [0.29, 0.717) is 0 Å². The molecule has 0 bridgehead atoms. The molecule has 0 atom stereocenters. The Labute approximate surface area is 225 Å². The fourth-order valence-electron chi connectivity index (χ4n) is 5.73. The monoisotopic (exact) mass is 501 g/mol. The molecule has 2 heteroatoms. The van der Waals surface area contributed by atoms with E-state index in [0.717, 1.165) is 0 Å². The molecule has 37 heavy (non-hydrogen) atoms. The van der Waals surface area contributed by atoms with Gasteiger partial charge in [-0.25, -0.2) is 0 Å². The van der Waals surface area contributed by atoms with Crippen LogP contribution in [0.4, 0.5) is 5.69 Å². The minimum absolute atomic E-state index is 0. The van der Waals surface area contributed by atoms with E-state index in [1.165, 1.54) is 74.8 Å². The molecule has 0 aliphatic heterocycles. The van der Waals surface area contributed by atoms with Crippen molar-refractivity contribution in [1.29, 1.82) is 0 Å². The standard InChI is InChI=1S/C18H16.C17H15N.ClH/c1-3-7-15-13(5-1)9-11-18-16-8-4-2-6-14(16)10-12-17(15)18;1-18-17-12-11-14(13-7-3-2-4-8-13)15-9-5-6-10-16(15)17;/h1,3,5,7,9-12H,2,4,6,8H2;2-12,18H,1H3;1H. The lowest BCUT2D eigenvalue weighted by Crippen LogP contribution is -2.02. The van der Waals surface area contributed by atoms with Gasteiger partial charge in [0.15, 0.2) is 0 Å². The zero-order valence-electron chi connectivity index (χ0n) is 21.2. The summed E-state index contributed by atoms with van der Waals surface area (Å²) in [6, 6.07) is 41.3. The molecule has 0 spiro atoms. The van der Waals surface area contributed by atoms with E-state index in [1.54, 1.807) is 11.1 Å². The predicted molar refractivity (Wildman–Crippen MR) is 164 cm³/mol. The summed E-state index contributed by atoms with van der Waals surface area (Å²) < 4.78 is 0. The van der Waals surface area contributed by atoms with Gasteiger partial charge in [0, 0.05) is 18.1 Å². The molecule has 1 aliphatic carbocycles. The van der Waals surface area contributed by atoms with E-state index in [1.807, 2.05) is 13.1 Å². The van der Waals surface area contributed by atoms with E-state index in [4.69, 9.17) is 0 Å². The fourth-order valence-corrected chi connectivity index (χ4v) is 5.73. The van der Waals surface area contributed by atoms with Crippen LogP contribution in [-0.2, 0) is 12.8 Å². The summed E-state index contributed by atoms with van der Waals surface area (Å²) in [5.74, 6) is 0. The predicted octanol–water partition coefficient (Wildman–Crippen LogP) is 9.84. The molecule has 0 fully saturated rings. The molecule has 6 aromatic carbocycles.